The first-order chi connectivity index (χ1) is 5.63. The highest BCUT2D eigenvalue weighted by Gasteiger charge is 2.14. The van der Waals surface area contributed by atoms with Gasteiger partial charge in [-0.1, -0.05) is 12.2 Å². The molecule has 1 aliphatic rings. The lowest BCUT2D eigenvalue weighted by Gasteiger charge is -1.96. The fourth-order valence-electron chi connectivity index (χ4n) is 0.636. The average molecular weight is 176 g/mol. The second kappa shape index (κ2) is 3.38. The van der Waals surface area contributed by atoms with Crippen molar-refractivity contribution in [1.29, 1.82) is 0 Å². The number of allylic oxidation sites excluding steroid dienone is 8. The van der Waals surface area contributed by atoms with Crippen LogP contribution in [0.25, 0.3) is 0 Å². The topological polar surface area (TPSA) is 0 Å². The number of hydrogen-bond donors (Lipinski definition) is 0. The fraction of sp³-hybridized carbons (Fsp3) is 0. The molecule has 0 aromatic carbocycles. The molecule has 0 spiro atoms. The van der Waals surface area contributed by atoms with Gasteiger partial charge in [-0.15, -0.1) is 0 Å². The predicted octanol–water partition coefficient (Wildman–Crippen LogP) is 3.41. The van der Waals surface area contributed by atoms with Crippen molar-refractivity contribution in [2.45, 2.75) is 0 Å². The van der Waals surface area contributed by atoms with E-state index in [1.54, 1.807) is 0 Å². The first-order valence-electron chi connectivity index (χ1n) is 3.08. The van der Waals surface area contributed by atoms with Crippen molar-refractivity contribution in [2.24, 2.45) is 0 Å². The highest BCUT2D eigenvalue weighted by Crippen LogP contribution is 2.25. The third kappa shape index (κ3) is 1.64. The lowest BCUT2D eigenvalue weighted by Crippen LogP contribution is -1.84. The van der Waals surface area contributed by atoms with Crippen molar-refractivity contribution in [3.63, 3.8) is 0 Å². The molecule has 0 fully saturated rings. The maximum absolute atomic E-state index is 12.4. The minimum Gasteiger partial charge on any atom is -0.204 e. The average Bonchev–Trinajstić information content (AvgIpc) is 2.07. The second-order valence-corrected chi connectivity index (χ2v) is 2.04. The fourth-order valence-corrected chi connectivity index (χ4v) is 0.636. The van der Waals surface area contributed by atoms with Gasteiger partial charge in [-0.25, -0.2) is 17.6 Å². The van der Waals surface area contributed by atoms with Crippen molar-refractivity contribution in [2.75, 3.05) is 0 Å². The molecule has 1 aliphatic carbocycles. The van der Waals surface area contributed by atoms with Crippen molar-refractivity contribution in [1.82, 2.24) is 0 Å². The van der Waals surface area contributed by atoms with Crippen LogP contribution in [0.2, 0.25) is 0 Å². The van der Waals surface area contributed by atoms with E-state index in [2.05, 4.69) is 0 Å². The first kappa shape index (κ1) is 8.77. The van der Waals surface area contributed by atoms with Crippen LogP contribution in [-0.4, -0.2) is 0 Å². The van der Waals surface area contributed by atoms with Crippen LogP contribution in [0, 0.1) is 0 Å². The van der Waals surface area contributed by atoms with Crippen molar-refractivity contribution >= 4 is 0 Å². The molecule has 64 valence electrons. The summed E-state index contributed by atoms with van der Waals surface area (Å²) in [6, 6.07) is 0. The molecule has 0 amide bonds. The van der Waals surface area contributed by atoms with Gasteiger partial charge in [-0.05, 0) is 12.2 Å². The molecular weight excluding hydrogens is 172 g/mol. The Kier molecular flexibility index (Phi) is 2.47. The molecular formula is C8H4F4. The Morgan fingerprint density at radius 1 is 0.667 bits per heavy atom. The molecule has 0 heterocycles. The van der Waals surface area contributed by atoms with Gasteiger partial charge in [0.2, 0.25) is 0 Å². The summed E-state index contributed by atoms with van der Waals surface area (Å²) in [5, 5.41) is 0. The van der Waals surface area contributed by atoms with Crippen LogP contribution in [0.4, 0.5) is 17.6 Å². The van der Waals surface area contributed by atoms with Crippen molar-refractivity contribution < 1.29 is 17.6 Å². The predicted molar refractivity (Wildman–Crippen MR) is 36.8 cm³/mol. The number of rotatable bonds is 0. The third-order valence-corrected chi connectivity index (χ3v) is 1.21. The van der Waals surface area contributed by atoms with E-state index < -0.39 is 23.3 Å². The van der Waals surface area contributed by atoms with E-state index in [9.17, 15) is 17.6 Å². The molecule has 0 bridgehead atoms. The second-order valence-electron chi connectivity index (χ2n) is 2.04. The van der Waals surface area contributed by atoms with E-state index in [1.807, 2.05) is 0 Å². The molecule has 0 N–H and O–H groups in total. The minimum absolute atomic E-state index is 0.706. The van der Waals surface area contributed by atoms with Gasteiger partial charge < -0.3 is 0 Å². The largest absolute Gasteiger partial charge is 0.204 e. The Labute approximate surface area is 66.2 Å². The zero-order chi connectivity index (χ0) is 9.14. The van der Waals surface area contributed by atoms with Gasteiger partial charge in [-0.2, -0.15) is 0 Å². The Hall–Kier alpha value is -1.32. The van der Waals surface area contributed by atoms with Gasteiger partial charge in [0.15, 0.2) is 23.3 Å². The molecule has 0 saturated carbocycles. The van der Waals surface area contributed by atoms with Crippen LogP contribution in [0.5, 0.6) is 0 Å². The quantitative estimate of drug-likeness (QED) is 0.496. The molecule has 0 atom stereocenters. The molecule has 0 aliphatic heterocycles. The van der Waals surface area contributed by atoms with Gasteiger partial charge in [0.1, 0.15) is 0 Å². The van der Waals surface area contributed by atoms with Crippen LogP contribution in [0.1, 0.15) is 0 Å². The van der Waals surface area contributed by atoms with E-state index in [1.165, 1.54) is 0 Å². The van der Waals surface area contributed by atoms with E-state index in [-0.39, 0.29) is 0 Å². The molecule has 1 rings (SSSR count). The van der Waals surface area contributed by atoms with E-state index in [4.69, 9.17) is 0 Å². The molecule has 12 heavy (non-hydrogen) atoms. The van der Waals surface area contributed by atoms with E-state index in [0.717, 1.165) is 12.2 Å². The maximum Gasteiger partial charge on any atom is 0.197 e. The summed E-state index contributed by atoms with van der Waals surface area (Å²) in [4.78, 5) is 0. The monoisotopic (exact) mass is 176 g/mol. The number of hydrogen-bond acceptors (Lipinski definition) is 0. The van der Waals surface area contributed by atoms with Crippen LogP contribution >= 0.6 is 0 Å². The Bertz CT molecular complexity index is 275. The minimum atomic E-state index is -1.81. The molecule has 0 unspecified atom stereocenters. The lowest BCUT2D eigenvalue weighted by molar-refractivity contribution is 0.476. The van der Waals surface area contributed by atoms with Crippen LogP contribution in [0.15, 0.2) is 47.6 Å². The van der Waals surface area contributed by atoms with Crippen LogP contribution in [-0.2, 0) is 0 Å². The van der Waals surface area contributed by atoms with Gasteiger partial charge in [-0.3, -0.25) is 0 Å². The SMILES string of the molecule is FC1=C(F)/C(F)=C(F)\C=C/C=C\1. The summed E-state index contributed by atoms with van der Waals surface area (Å²) in [6.07, 6.45) is 3.55. The molecule has 0 nitrogen and oxygen atoms in total. The van der Waals surface area contributed by atoms with Crippen molar-refractivity contribution in [3.05, 3.63) is 47.6 Å². The summed E-state index contributed by atoms with van der Waals surface area (Å²) in [5.41, 5.74) is 0. The Morgan fingerprint density at radius 2 is 1.00 bits per heavy atom. The molecule has 0 aromatic heterocycles. The van der Waals surface area contributed by atoms with Crippen LogP contribution < -0.4 is 0 Å². The van der Waals surface area contributed by atoms with E-state index >= 15 is 0 Å². The summed E-state index contributed by atoms with van der Waals surface area (Å²) in [6.45, 7) is 0. The molecule has 0 radical (unpaired) electrons. The standard InChI is InChI=1S/C8H4F4/c9-5-3-1-2-4-6(10)8(12)7(5)11/h1-4H/b2-1?,3-1-,4-2-,5-3?,6-4?,7-5-,8-6-,8-7?. The number of halogens is 4. The summed E-state index contributed by atoms with van der Waals surface area (Å²) < 4.78 is 49.6. The molecule has 0 aromatic rings. The zero-order valence-electron chi connectivity index (χ0n) is 5.82. The summed E-state index contributed by atoms with van der Waals surface area (Å²) in [5.74, 6) is -6.47. The highest BCUT2D eigenvalue weighted by atomic mass is 19.2. The van der Waals surface area contributed by atoms with Crippen molar-refractivity contribution in [3.8, 4) is 0 Å². The van der Waals surface area contributed by atoms with Gasteiger partial charge >= 0.3 is 0 Å². The Balaban J connectivity index is 3.21. The summed E-state index contributed by atoms with van der Waals surface area (Å²) in [7, 11) is 0. The molecule has 0 saturated heterocycles. The lowest BCUT2D eigenvalue weighted by atomic mass is 10.2. The maximum atomic E-state index is 12.4. The molecule has 4 heteroatoms. The normalized spacial score (nSPS) is 35.7. The van der Waals surface area contributed by atoms with Gasteiger partial charge in [0.05, 0.1) is 0 Å². The Morgan fingerprint density at radius 3 is 1.33 bits per heavy atom. The van der Waals surface area contributed by atoms with Gasteiger partial charge in [0.25, 0.3) is 0 Å². The smallest absolute Gasteiger partial charge is 0.197 e. The van der Waals surface area contributed by atoms with Crippen LogP contribution in [0.3, 0.4) is 0 Å². The van der Waals surface area contributed by atoms with E-state index in [0.29, 0.717) is 12.2 Å². The first-order valence-corrected chi connectivity index (χ1v) is 3.08. The highest BCUT2D eigenvalue weighted by molar-refractivity contribution is 5.37. The third-order valence-electron chi connectivity index (χ3n) is 1.21. The van der Waals surface area contributed by atoms with Gasteiger partial charge in [0, 0.05) is 0 Å². The summed E-state index contributed by atoms with van der Waals surface area (Å²) >= 11 is 0. The zero-order valence-corrected chi connectivity index (χ0v) is 5.82.